The normalized spacial score (nSPS) is 24.2. The molecule has 0 radical (unpaired) electrons. The van der Waals surface area contributed by atoms with Crippen molar-refractivity contribution >= 4 is 24.0 Å². The molecule has 0 spiro atoms. The van der Waals surface area contributed by atoms with Crippen molar-refractivity contribution in [2.24, 2.45) is 11.8 Å². The molecule has 1 aliphatic heterocycles. The number of rotatable bonds is 5. The van der Waals surface area contributed by atoms with E-state index in [9.17, 15) is 5.11 Å². The van der Waals surface area contributed by atoms with Crippen LogP contribution in [0.5, 0.6) is 5.75 Å². The number of aliphatic hydroxyl groups excluding tert-OH is 1. The van der Waals surface area contributed by atoms with Crippen LogP contribution in [0, 0.1) is 11.8 Å². The molecule has 1 aromatic carbocycles. The van der Waals surface area contributed by atoms with Crippen LogP contribution < -0.4 is 4.74 Å². The lowest BCUT2D eigenvalue weighted by Crippen LogP contribution is -2.43. The van der Waals surface area contributed by atoms with Crippen LogP contribution in [-0.2, 0) is 0 Å². The number of benzene rings is 1. The Balaban J connectivity index is 0.00000220. The van der Waals surface area contributed by atoms with Gasteiger partial charge in [0.25, 0.3) is 0 Å². The van der Waals surface area contributed by atoms with E-state index in [1.807, 2.05) is 12.1 Å². The van der Waals surface area contributed by atoms with Gasteiger partial charge in [0.15, 0.2) is 0 Å². The molecule has 3 atom stereocenters. The van der Waals surface area contributed by atoms with Crippen molar-refractivity contribution in [2.45, 2.75) is 26.4 Å². The molecular formula is C16H25Cl2NO2. The summed E-state index contributed by atoms with van der Waals surface area (Å²) in [5, 5.41) is 10.8. The smallest absolute Gasteiger partial charge is 0.119 e. The first kappa shape index (κ1) is 18.6. The Labute approximate surface area is 138 Å². The third kappa shape index (κ3) is 6.43. The van der Waals surface area contributed by atoms with Gasteiger partial charge in [0.2, 0.25) is 0 Å². The van der Waals surface area contributed by atoms with Gasteiger partial charge in [-0.1, -0.05) is 25.4 Å². The Morgan fingerprint density at radius 1 is 1.24 bits per heavy atom. The second-order valence-electron chi connectivity index (χ2n) is 6.08. The Kier molecular flexibility index (Phi) is 7.82. The van der Waals surface area contributed by atoms with Crippen molar-refractivity contribution in [1.29, 1.82) is 0 Å². The standard InChI is InChI=1S/C16H24ClNO2.ClH/c1-12-7-13(2)9-18(8-12)10-15(19)11-20-16-5-3-14(17)4-6-16;/h3-6,12-13,15,19H,7-11H2,1-2H3;1H. The average Bonchev–Trinajstić information content (AvgIpc) is 2.37. The van der Waals surface area contributed by atoms with Crippen LogP contribution in [0.4, 0.5) is 0 Å². The van der Waals surface area contributed by atoms with Crippen LogP contribution in [0.1, 0.15) is 20.3 Å². The maximum Gasteiger partial charge on any atom is 0.119 e. The summed E-state index contributed by atoms with van der Waals surface area (Å²) in [7, 11) is 0. The van der Waals surface area contributed by atoms with Crippen LogP contribution in [0.25, 0.3) is 0 Å². The molecule has 3 nitrogen and oxygen atoms in total. The Morgan fingerprint density at radius 3 is 2.38 bits per heavy atom. The fourth-order valence-corrected chi connectivity index (χ4v) is 3.14. The summed E-state index contributed by atoms with van der Waals surface area (Å²) >= 11 is 5.82. The number of nitrogens with zero attached hydrogens (tertiary/aromatic N) is 1. The van der Waals surface area contributed by atoms with E-state index in [4.69, 9.17) is 16.3 Å². The van der Waals surface area contributed by atoms with Gasteiger partial charge in [0, 0.05) is 24.7 Å². The molecule has 0 saturated carbocycles. The summed E-state index contributed by atoms with van der Waals surface area (Å²) in [5.74, 6) is 2.17. The third-order valence-corrected chi connectivity index (χ3v) is 3.92. The topological polar surface area (TPSA) is 32.7 Å². The van der Waals surface area contributed by atoms with Gasteiger partial charge < -0.3 is 14.7 Å². The number of aliphatic hydroxyl groups is 1. The molecule has 0 amide bonds. The monoisotopic (exact) mass is 333 g/mol. The second kappa shape index (κ2) is 8.84. The lowest BCUT2D eigenvalue weighted by molar-refractivity contribution is 0.0429. The van der Waals surface area contributed by atoms with E-state index in [0.29, 0.717) is 30.0 Å². The number of β-amino-alcohol motifs (C(OH)–C–C–N with tert-alkyl or cyclic N) is 1. The van der Waals surface area contributed by atoms with Crippen LogP contribution in [-0.4, -0.2) is 42.4 Å². The Bertz CT molecular complexity index is 403. The number of ether oxygens (including phenoxy) is 1. The highest BCUT2D eigenvalue weighted by Gasteiger charge is 2.23. The number of piperidine rings is 1. The summed E-state index contributed by atoms with van der Waals surface area (Å²) in [5.41, 5.74) is 0. The lowest BCUT2D eigenvalue weighted by Gasteiger charge is -2.35. The van der Waals surface area contributed by atoms with Crippen LogP contribution in [0.15, 0.2) is 24.3 Å². The van der Waals surface area contributed by atoms with Gasteiger partial charge in [-0.2, -0.15) is 0 Å². The predicted octanol–water partition coefficient (Wildman–Crippen LogP) is 3.48. The van der Waals surface area contributed by atoms with E-state index < -0.39 is 6.10 Å². The summed E-state index contributed by atoms with van der Waals surface area (Å²) in [4.78, 5) is 2.34. The van der Waals surface area contributed by atoms with Crippen molar-refractivity contribution in [3.8, 4) is 5.75 Å². The minimum absolute atomic E-state index is 0. The maximum absolute atomic E-state index is 10.1. The van der Waals surface area contributed by atoms with E-state index in [1.54, 1.807) is 12.1 Å². The molecule has 1 saturated heterocycles. The molecule has 0 aromatic heterocycles. The van der Waals surface area contributed by atoms with Gasteiger partial charge in [-0.15, -0.1) is 12.4 Å². The Hall–Kier alpha value is -0.480. The first-order chi connectivity index (χ1) is 9.52. The van der Waals surface area contributed by atoms with E-state index in [2.05, 4.69) is 18.7 Å². The fourth-order valence-electron chi connectivity index (χ4n) is 3.02. The number of likely N-dealkylation sites (tertiary alicyclic amines) is 1. The van der Waals surface area contributed by atoms with Gasteiger partial charge in [0.1, 0.15) is 18.5 Å². The molecule has 3 unspecified atom stereocenters. The quantitative estimate of drug-likeness (QED) is 0.895. The minimum Gasteiger partial charge on any atom is -0.491 e. The van der Waals surface area contributed by atoms with E-state index in [-0.39, 0.29) is 12.4 Å². The Morgan fingerprint density at radius 2 is 1.81 bits per heavy atom. The number of halogens is 2. The SMILES string of the molecule is CC1CC(C)CN(CC(O)COc2ccc(Cl)cc2)C1.Cl. The highest BCUT2D eigenvalue weighted by atomic mass is 35.5. The first-order valence-electron chi connectivity index (χ1n) is 7.31. The molecule has 120 valence electrons. The van der Waals surface area contributed by atoms with Gasteiger partial charge in [-0.05, 0) is 42.5 Å². The molecule has 5 heteroatoms. The molecule has 2 rings (SSSR count). The minimum atomic E-state index is -0.455. The van der Waals surface area contributed by atoms with Crippen molar-refractivity contribution in [1.82, 2.24) is 4.90 Å². The fraction of sp³-hybridized carbons (Fsp3) is 0.625. The highest BCUT2D eigenvalue weighted by molar-refractivity contribution is 6.30. The van der Waals surface area contributed by atoms with Crippen LogP contribution >= 0.6 is 24.0 Å². The van der Waals surface area contributed by atoms with Crippen molar-refractivity contribution in [2.75, 3.05) is 26.2 Å². The van der Waals surface area contributed by atoms with E-state index >= 15 is 0 Å². The molecule has 21 heavy (non-hydrogen) atoms. The predicted molar refractivity (Wildman–Crippen MR) is 89.6 cm³/mol. The lowest BCUT2D eigenvalue weighted by atomic mass is 9.92. The highest BCUT2D eigenvalue weighted by Crippen LogP contribution is 2.21. The molecular weight excluding hydrogens is 309 g/mol. The molecule has 1 heterocycles. The second-order valence-corrected chi connectivity index (χ2v) is 6.52. The molecule has 1 fully saturated rings. The molecule has 1 aliphatic rings. The molecule has 1 aromatic rings. The maximum atomic E-state index is 10.1. The zero-order valence-electron chi connectivity index (χ0n) is 12.7. The zero-order chi connectivity index (χ0) is 14.5. The van der Waals surface area contributed by atoms with Crippen molar-refractivity contribution in [3.05, 3.63) is 29.3 Å². The summed E-state index contributed by atoms with van der Waals surface area (Å²) in [6.45, 7) is 7.70. The van der Waals surface area contributed by atoms with Gasteiger partial charge >= 0.3 is 0 Å². The largest absolute Gasteiger partial charge is 0.491 e. The van der Waals surface area contributed by atoms with Gasteiger partial charge in [0.05, 0.1) is 0 Å². The van der Waals surface area contributed by atoms with E-state index in [1.165, 1.54) is 6.42 Å². The number of hydrogen-bond donors (Lipinski definition) is 1. The van der Waals surface area contributed by atoms with Gasteiger partial charge in [-0.3, -0.25) is 0 Å². The molecule has 0 aliphatic carbocycles. The van der Waals surface area contributed by atoms with E-state index in [0.717, 1.165) is 18.8 Å². The summed E-state index contributed by atoms with van der Waals surface area (Å²) in [6.07, 6.45) is 0.830. The summed E-state index contributed by atoms with van der Waals surface area (Å²) in [6, 6.07) is 7.22. The van der Waals surface area contributed by atoms with Crippen molar-refractivity contribution in [3.63, 3.8) is 0 Å². The van der Waals surface area contributed by atoms with Gasteiger partial charge in [-0.25, -0.2) is 0 Å². The van der Waals surface area contributed by atoms with Crippen molar-refractivity contribution < 1.29 is 9.84 Å². The first-order valence-corrected chi connectivity index (χ1v) is 7.69. The van der Waals surface area contributed by atoms with Crippen LogP contribution in [0.3, 0.4) is 0 Å². The molecule has 1 N–H and O–H groups in total. The number of hydrogen-bond acceptors (Lipinski definition) is 3. The average molecular weight is 334 g/mol. The third-order valence-electron chi connectivity index (χ3n) is 3.67. The molecule has 0 bridgehead atoms. The van der Waals surface area contributed by atoms with Crippen LogP contribution in [0.2, 0.25) is 5.02 Å². The summed E-state index contributed by atoms with van der Waals surface area (Å²) < 4.78 is 5.58. The zero-order valence-corrected chi connectivity index (χ0v) is 14.2.